The molecule has 0 bridgehead atoms. The lowest BCUT2D eigenvalue weighted by Gasteiger charge is -2.34. The van der Waals surface area contributed by atoms with Crippen molar-refractivity contribution in [3.63, 3.8) is 0 Å². The molecule has 1 unspecified atom stereocenters. The fourth-order valence-electron chi connectivity index (χ4n) is 2.52. The molecule has 0 aliphatic heterocycles. The molecule has 0 saturated heterocycles. The molecule has 1 atom stereocenters. The van der Waals surface area contributed by atoms with Gasteiger partial charge in [-0.3, -0.25) is 0 Å². The van der Waals surface area contributed by atoms with Crippen molar-refractivity contribution in [2.75, 3.05) is 33.8 Å². The van der Waals surface area contributed by atoms with Gasteiger partial charge in [0, 0.05) is 13.1 Å². The van der Waals surface area contributed by atoms with Crippen molar-refractivity contribution >= 4 is 0 Å². The van der Waals surface area contributed by atoms with E-state index in [0.717, 1.165) is 25.1 Å². The minimum absolute atomic E-state index is 0.114. The van der Waals surface area contributed by atoms with Gasteiger partial charge in [-0.05, 0) is 32.0 Å². The summed E-state index contributed by atoms with van der Waals surface area (Å²) in [6.45, 7) is 6.62. The molecule has 1 aromatic rings. The molecule has 1 rings (SSSR count). The summed E-state index contributed by atoms with van der Waals surface area (Å²) in [7, 11) is 4.06. The second-order valence-corrected chi connectivity index (χ2v) is 5.76. The van der Waals surface area contributed by atoms with Crippen molar-refractivity contribution in [2.24, 2.45) is 5.92 Å². The van der Waals surface area contributed by atoms with E-state index >= 15 is 0 Å². The Morgan fingerprint density at radius 3 is 2.37 bits per heavy atom. The highest BCUT2D eigenvalue weighted by atomic mass is 16.3. The van der Waals surface area contributed by atoms with Crippen molar-refractivity contribution in [3.05, 3.63) is 35.9 Å². The third-order valence-corrected chi connectivity index (χ3v) is 3.67. The van der Waals surface area contributed by atoms with E-state index in [4.69, 9.17) is 0 Å². The Morgan fingerprint density at radius 2 is 1.89 bits per heavy atom. The van der Waals surface area contributed by atoms with E-state index in [0.29, 0.717) is 5.92 Å². The van der Waals surface area contributed by atoms with Gasteiger partial charge in [-0.15, -0.1) is 0 Å². The minimum Gasteiger partial charge on any atom is -0.394 e. The Labute approximate surface area is 117 Å². The maximum Gasteiger partial charge on any atom is 0.0678 e. The van der Waals surface area contributed by atoms with Crippen LogP contribution in [-0.4, -0.2) is 43.8 Å². The SMILES string of the molecule is CNC(CO)(CCN(C)CC(C)C)c1ccccc1. The Balaban J connectivity index is 2.72. The number of hydrogen-bond acceptors (Lipinski definition) is 3. The number of rotatable bonds is 8. The summed E-state index contributed by atoms with van der Waals surface area (Å²) >= 11 is 0. The van der Waals surface area contributed by atoms with Crippen molar-refractivity contribution in [2.45, 2.75) is 25.8 Å². The van der Waals surface area contributed by atoms with Gasteiger partial charge in [0.2, 0.25) is 0 Å². The average Bonchev–Trinajstić information content (AvgIpc) is 2.41. The zero-order valence-corrected chi connectivity index (χ0v) is 12.7. The zero-order chi connectivity index (χ0) is 14.3. The highest BCUT2D eigenvalue weighted by Crippen LogP contribution is 2.24. The third kappa shape index (κ3) is 4.60. The molecule has 108 valence electrons. The van der Waals surface area contributed by atoms with Crippen LogP contribution in [0.3, 0.4) is 0 Å². The fourth-order valence-corrected chi connectivity index (χ4v) is 2.52. The maximum atomic E-state index is 9.84. The molecule has 0 aliphatic carbocycles. The number of aliphatic hydroxyl groups excluding tert-OH is 1. The lowest BCUT2D eigenvalue weighted by atomic mass is 9.87. The Morgan fingerprint density at radius 1 is 1.26 bits per heavy atom. The van der Waals surface area contributed by atoms with Gasteiger partial charge in [-0.2, -0.15) is 0 Å². The van der Waals surface area contributed by atoms with Crippen LogP contribution in [0.25, 0.3) is 0 Å². The van der Waals surface area contributed by atoms with Crippen molar-refractivity contribution in [1.29, 1.82) is 0 Å². The number of benzene rings is 1. The molecule has 0 radical (unpaired) electrons. The Kier molecular flexibility index (Phi) is 6.49. The summed E-state index contributed by atoms with van der Waals surface area (Å²) in [5, 5.41) is 13.2. The van der Waals surface area contributed by atoms with Crippen LogP contribution < -0.4 is 5.32 Å². The lowest BCUT2D eigenvalue weighted by molar-refractivity contribution is 0.142. The van der Waals surface area contributed by atoms with E-state index in [1.54, 1.807) is 0 Å². The topological polar surface area (TPSA) is 35.5 Å². The van der Waals surface area contributed by atoms with Crippen LogP contribution >= 0.6 is 0 Å². The van der Waals surface area contributed by atoms with E-state index in [2.05, 4.69) is 43.2 Å². The predicted molar refractivity (Wildman–Crippen MR) is 81.2 cm³/mol. The van der Waals surface area contributed by atoms with Crippen LogP contribution in [0.5, 0.6) is 0 Å². The predicted octanol–water partition coefficient (Wildman–Crippen LogP) is 2.07. The number of nitrogens with one attached hydrogen (secondary N) is 1. The first kappa shape index (κ1) is 16.2. The zero-order valence-electron chi connectivity index (χ0n) is 12.7. The van der Waals surface area contributed by atoms with Gasteiger partial charge < -0.3 is 15.3 Å². The highest BCUT2D eigenvalue weighted by molar-refractivity contribution is 5.24. The Bertz CT molecular complexity index is 347. The number of aliphatic hydroxyl groups is 1. The molecule has 0 heterocycles. The quantitative estimate of drug-likeness (QED) is 0.754. The van der Waals surface area contributed by atoms with Gasteiger partial charge in [-0.25, -0.2) is 0 Å². The second-order valence-electron chi connectivity index (χ2n) is 5.76. The van der Waals surface area contributed by atoms with E-state index in [-0.39, 0.29) is 12.1 Å². The molecule has 0 aromatic heterocycles. The number of likely N-dealkylation sites (N-methyl/N-ethyl adjacent to an activating group) is 1. The van der Waals surface area contributed by atoms with Crippen LogP contribution in [0.4, 0.5) is 0 Å². The molecule has 1 aromatic carbocycles. The van der Waals surface area contributed by atoms with Crippen LogP contribution in [0.15, 0.2) is 30.3 Å². The van der Waals surface area contributed by atoms with Gasteiger partial charge in [0.05, 0.1) is 12.1 Å². The van der Waals surface area contributed by atoms with E-state index < -0.39 is 0 Å². The summed E-state index contributed by atoms with van der Waals surface area (Å²) in [5.41, 5.74) is 0.810. The molecular weight excluding hydrogens is 236 g/mol. The first-order chi connectivity index (χ1) is 9.04. The highest BCUT2D eigenvalue weighted by Gasteiger charge is 2.29. The molecule has 0 saturated carbocycles. The molecule has 2 N–H and O–H groups in total. The van der Waals surface area contributed by atoms with Crippen molar-refractivity contribution in [3.8, 4) is 0 Å². The molecule has 0 amide bonds. The summed E-state index contributed by atoms with van der Waals surface area (Å²) in [5.74, 6) is 0.667. The number of hydrogen-bond donors (Lipinski definition) is 2. The summed E-state index contributed by atoms with van der Waals surface area (Å²) in [4.78, 5) is 2.33. The summed E-state index contributed by atoms with van der Waals surface area (Å²) < 4.78 is 0. The van der Waals surface area contributed by atoms with Crippen LogP contribution in [0.1, 0.15) is 25.8 Å². The van der Waals surface area contributed by atoms with Crippen LogP contribution in [0, 0.1) is 5.92 Å². The van der Waals surface area contributed by atoms with E-state index in [1.807, 2.05) is 25.2 Å². The molecular formula is C16H28N2O. The monoisotopic (exact) mass is 264 g/mol. The molecule has 0 spiro atoms. The van der Waals surface area contributed by atoms with Crippen molar-refractivity contribution < 1.29 is 5.11 Å². The van der Waals surface area contributed by atoms with Crippen LogP contribution in [0.2, 0.25) is 0 Å². The number of nitrogens with zero attached hydrogens (tertiary/aromatic N) is 1. The van der Waals surface area contributed by atoms with Gasteiger partial charge in [0.1, 0.15) is 0 Å². The van der Waals surface area contributed by atoms with Crippen LogP contribution in [-0.2, 0) is 5.54 Å². The second kappa shape index (κ2) is 7.63. The maximum absolute atomic E-state index is 9.84. The lowest BCUT2D eigenvalue weighted by Crippen LogP contribution is -2.46. The smallest absolute Gasteiger partial charge is 0.0678 e. The van der Waals surface area contributed by atoms with Gasteiger partial charge in [-0.1, -0.05) is 44.2 Å². The summed E-state index contributed by atoms with van der Waals surface area (Å²) in [6.07, 6.45) is 0.896. The third-order valence-electron chi connectivity index (χ3n) is 3.67. The largest absolute Gasteiger partial charge is 0.394 e. The summed E-state index contributed by atoms with van der Waals surface area (Å²) in [6, 6.07) is 10.2. The average molecular weight is 264 g/mol. The first-order valence-electron chi connectivity index (χ1n) is 7.08. The normalized spacial score (nSPS) is 14.9. The fraction of sp³-hybridized carbons (Fsp3) is 0.625. The molecule has 3 nitrogen and oxygen atoms in total. The molecule has 19 heavy (non-hydrogen) atoms. The standard InChI is InChI=1S/C16H28N2O/c1-14(2)12-18(4)11-10-16(13-19,17-3)15-8-6-5-7-9-15/h5-9,14,17,19H,10-13H2,1-4H3. The Hall–Kier alpha value is -0.900. The van der Waals surface area contributed by atoms with E-state index in [1.165, 1.54) is 0 Å². The minimum atomic E-state index is -0.341. The van der Waals surface area contributed by atoms with Gasteiger partial charge in [0.15, 0.2) is 0 Å². The molecule has 0 fully saturated rings. The van der Waals surface area contributed by atoms with E-state index in [9.17, 15) is 5.11 Å². The van der Waals surface area contributed by atoms with Crippen molar-refractivity contribution in [1.82, 2.24) is 10.2 Å². The first-order valence-corrected chi connectivity index (χ1v) is 7.08. The van der Waals surface area contributed by atoms with Gasteiger partial charge in [0.25, 0.3) is 0 Å². The van der Waals surface area contributed by atoms with Gasteiger partial charge >= 0.3 is 0 Å². The molecule has 3 heteroatoms. The molecule has 0 aliphatic rings.